The van der Waals surface area contributed by atoms with Gasteiger partial charge in [0.2, 0.25) is 0 Å². The number of aryl methyl sites for hydroxylation is 1. The van der Waals surface area contributed by atoms with Crippen molar-refractivity contribution in [3.8, 4) is 0 Å². The van der Waals surface area contributed by atoms with Gasteiger partial charge in [-0.25, -0.2) is 0 Å². The van der Waals surface area contributed by atoms with Crippen molar-refractivity contribution in [2.45, 2.75) is 19.4 Å². The van der Waals surface area contributed by atoms with Crippen LogP contribution in [0.4, 0.5) is 0 Å². The Morgan fingerprint density at radius 1 is 1.22 bits per heavy atom. The molecule has 1 amide bonds. The highest BCUT2D eigenvalue weighted by atomic mass is 16.3. The summed E-state index contributed by atoms with van der Waals surface area (Å²) in [6, 6.07) is 8.51. The van der Waals surface area contributed by atoms with Crippen LogP contribution in [0.2, 0.25) is 0 Å². The fourth-order valence-corrected chi connectivity index (χ4v) is 3.67. The summed E-state index contributed by atoms with van der Waals surface area (Å²) in [4.78, 5) is 17.1. The number of amides is 1. The zero-order valence-electron chi connectivity index (χ0n) is 13.5. The molecule has 4 rings (SSSR count). The number of nitrogens with zero attached hydrogens (tertiary/aromatic N) is 2. The van der Waals surface area contributed by atoms with E-state index in [1.165, 1.54) is 12.0 Å². The molecule has 0 spiro atoms. The van der Waals surface area contributed by atoms with Crippen LogP contribution in [0.5, 0.6) is 0 Å². The van der Waals surface area contributed by atoms with Crippen LogP contribution in [0.1, 0.15) is 22.5 Å². The third-order valence-corrected chi connectivity index (χ3v) is 5.03. The molecule has 5 heteroatoms. The van der Waals surface area contributed by atoms with Crippen LogP contribution >= 0.6 is 0 Å². The van der Waals surface area contributed by atoms with Crippen molar-refractivity contribution >= 4 is 16.9 Å². The van der Waals surface area contributed by atoms with Gasteiger partial charge < -0.3 is 14.6 Å². The largest absolute Gasteiger partial charge is 0.451 e. The van der Waals surface area contributed by atoms with E-state index >= 15 is 0 Å². The first-order valence-electron chi connectivity index (χ1n) is 8.45. The number of benzene rings is 1. The molecule has 1 atom stereocenters. The molecule has 5 nitrogen and oxygen atoms in total. The summed E-state index contributed by atoms with van der Waals surface area (Å²) in [5.41, 5.74) is 1.96. The van der Waals surface area contributed by atoms with Crippen molar-refractivity contribution < 1.29 is 9.21 Å². The van der Waals surface area contributed by atoms with E-state index in [0.29, 0.717) is 11.8 Å². The van der Waals surface area contributed by atoms with Gasteiger partial charge in [0.1, 0.15) is 5.58 Å². The number of hydrogen-bond donors (Lipinski definition) is 1. The fraction of sp³-hybridized carbons (Fsp3) is 0.500. The third kappa shape index (κ3) is 2.86. The van der Waals surface area contributed by atoms with E-state index in [1.807, 2.05) is 30.0 Å². The number of carbonyl (C=O) groups excluding carboxylic acids is 1. The third-order valence-electron chi connectivity index (χ3n) is 5.03. The van der Waals surface area contributed by atoms with Crippen LogP contribution in [0.15, 0.2) is 28.7 Å². The molecular formula is C18H23N3O2. The first kappa shape index (κ1) is 14.7. The molecule has 1 aromatic heterocycles. The number of fused-ring (bicyclic) bond motifs is 1. The highest BCUT2D eigenvalue weighted by Gasteiger charge is 2.29. The summed E-state index contributed by atoms with van der Waals surface area (Å²) in [6.45, 7) is 7.72. The quantitative estimate of drug-likeness (QED) is 0.919. The zero-order chi connectivity index (χ0) is 15.8. The Labute approximate surface area is 136 Å². The van der Waals surface area contributed by atoms with E-state index in [0.717, 1.165) is 50.2 Å². The molecular weight excluding hydrogens is 290 g/mol. The minimum absolute atomic E-state index is 0.0167. The van der Waals surface area contributed by atoms with E-state index < -0.39 is 0 Å². The Hall–Kier alpha value is -1.85. The standard InChI is InChI=1S/C18H23N3O2/c1-13-2-3-16-14(10-13)11-17(23-16)18(22)21-8-6-20(7-9-21)15-4-5-19-12-15/h2-3,10-11,15,19H,4-9,12H2,1H3. The van der Waals surface area contributed by atoms with Gasteiger partial charge in [0.05, 0.1) is 0 Å². The van der Waals surface area contributed by atoms with Gasteiger partial charge in [-0.2, -0.15) is 0 Å². The molecule has 2 aliphatic heterocycles. The normalized spacial score (nSPS) is 22.8. The smallest absolute Gasteiger partial charge is 0.289 e. The number of hydrogen-bond acceptors (Lipinski definition) is 4. The second kappa shape index (κ2) is 5.98. The van der Waals surface area contributed by atoms with E-state index in [9.17, 15) is 4.79 Å². The molecule has 0 saturated carbocycles. The lowest BCUT2D eigenvalue weighted by atomic mass is 10.1. The maximum Gasteiger partial charge on any atom is 0.289 e. The summed E-state index contributed by atoms with van der Waals surface area (Å²) in [5, 5.41) is 4.42. The van der Waals surface area contributed by atoms with E-state index in [1.54, 1.807) is 0 Å². The van der Waals surface area contributed by atoms with Gasteiger partial charge in [0.25, 0.3) is 5.91 Å². The summed E-state index contributed by atoms with van der Waals surface area (Å²) < 4.78 is 5.75. The van der Waals surface area contributed by atoms with Crippen molar-refractivity contribution in [1.29, 1.82) is 0 Å². The highest BCUT2D eigenvalue weighted by molar-refractivity contribution is 5.96. The van der Waals surface area contributed by atoms with Gasteiger partial charge in [-0.15, -0.1) is 0 Å². The van der Waals surface area contributed by atoms with E-state index in [4.69, 9.17) is 4.42 Å². The van der Waals surface area contributed by atoms with Crippen molar-refractivity contribution in [1.82, 2.24) is 15.1 Å². The minimum Gasteiger partial charge on any atom is -0.451 e. The van der Waals surface area contributed by atoms with Gasteiger partial charge in [-0.1, -0.05) is 11.6 Å². The average molecular weight is 313 g/mol. The Balaban J connectivity index is 1.44. The van der Waals surface area contributed by atoms with Crippen molar-refractivity contribution in [3.05, 3.63) is 35.6 Å². The first-order chi connectivity index (χ1) is 11.2. The Morgan fingerprint density at radius 2 is 2.04 bits per heavy atom. The summed E-state index contributed by atoms with van der Waals surface area (Å²) in [7, 11) is 0. The van der Waals surface area contributed by atoms with Gasteiger partial charge >= 0.3 is 0 Å². The van der Waals surface area contributed by atoms with Gasteiger partial charge in [0.15, 0.2) is 5.76 Å². The van der Waals surface area contributed by atoms with E-state index in [-0.39, 0.29) is 5.91 Å². The lowest BCUT2D eigenvalue weighted by molar-refractivity contribution is 0.0557. The summed E-state index contributed by atoms with van der Waals surface area (Å²) >= 11 is 0. The second-order valence-corrected chi connectivity index (χ2v) is 6.63. The summed E-state index contributed by atoms with van der Waals surface area (Å²) in [6.07, 6.45) is 1.22. The molecule has 2 saturated heterocycles. The van der Waals surface area contributed by atoms with Crippen LogP contribution in [0.25, 0.3) is 11.0 Å². The Kier molecular flexibility index (Phi) is 3.83. The molecule has 1 aromatic carbocycles. The maximum atomic E-state index is 12.7. The number of nitrogens with one attached hydrogen (secondary N) is 1. The topological polar surface area (TPSA) is 48.7 Å². The number of rotatable bonds is 2. The van der Waals surface area contributed by atoms with Crippen LogP contribution in [0, 0.1) is 6.92 Å². The molecule has 0 aliphatic carbocycles. The molecule has 2 aliphatic rings. The van der Waals surface area contributed by atoms with Gasteiger partial charge in [-0.05, 0) is 38.1 Å². The molecule has 0 bridgehead atoms. The highest BCUT2D eigenvalue weighted by Crippen LogP contribution is 2.22. The van der Waals surface area contributed by atoms with Gasteiger partial charge in [0, 0.05) is 44.2 Å². The maximum absolute atomic E-state index is 12.7. The lowest BCUT2D eigenvalue weighted by Gasteiger charge is -2.37. The SMILES string of the molecule is Cc1ccc2oc(C(=O)N3CCN(C4CCNC4)CC3)cc2c1. The predicted octanol–water partition coefficient (Wildman–Crippen LogP) is 1.86. The summed E-state index contributed by atoms with van der Waals surface area (Å²) in [5.74, 6) is 0.477. The average Bonchev–Trinajstić information content (AvgIpc) is 3.23. The number of furan rings is 1. The van der Waals surface area contributed by atoms with Crippen LogP contribution in [-0.2, 0) is 0 Å². The fourth-order valence-electron chi connectivity index (χ4n) is 3.67. The second-order valence-electron chi connectivity index (χ2n) is 6.63. The van der Waals surface area contributed by atoms with Crippen LogP contribution < -0.4 is 5.32 Å². The van der Waals surface area contributed by atoms with Crippen molar-refractivity contribution in [3.63, 3.8) is 0 Å². The first-order valence-corrected chi connectivity index (χ1v) is 8.45. The monoisotopic (exact) mass is 313 g/mol. The van der Waals surface area contributed by atoms with E-state index in [2.05, 4.69) is 16.3 Å². The number of carbonyl (C=O) groups is 1. The molecule has 0 radical (unpaired) electrons. The molecule has 23 heavy (non-hydrogen) atoms. The molecule has 2 fully saturated rings. The molecule has 2 aromatic rings. The number of piperazine rings is 1. The van der Waals surface area contributed by atoms with Crippen LogP contribution in [0.3, 0.4) is 0 Å². The molecule has 1 unspecified atom stereocenters. The van der Waals surface area contributed by atoms with Crippen LogP contribution in [-0.4, -0.2) is 61.0 Å². The van der Waals surface area contributed by atoms with Crippen molar-refractivity contribution in [2.75, 3.05) is 39.3 Å². The Morgan fingerprint density at radius 3 is 2.78 bits per heavy atom. The molecule has 122 valence electrons. The van der Waals surface area contributed by atoms with Gasteiger partial charge in [-0.3, -0.25) is 9.69 Å². The zero-order valence-corrected chi connectivity index (χ0v) is 13.5. The lowest BCUT2D eigenvalue weighted by Crippen LogP contribution is -2.52. The Bertz CT molecular complexity index is 710. The van der Waals surface area contributed by atoms with Crippen molar-refractivity contribution in [2.24, 2.45) is 0 Å². The molecule has 3 heterocycles. The predicted molar refractivity (Wildman–Crippen MR) is 89.7 cm³/mol. The molecule has 1 N–H and O–H groups in total. The minimum atomic E-state index is 0.0167.